The van der Waals surface area contributed by atoms with E-state index in [4.69, 9.17) is 4.74 Å². The summed E-state index contributed by atoms with van der Waals surface area (Å²) in [6.45, 7) is 11.1. The molecule has 35 heavy (non-hydrogen) atoms. The summed E-state index contributed by atoms with van der Waals surface area (Å²) in [5.41, 5.74) is -0.764. The molecular formula is C29H31IrN2O3-. The number of ketones is 1. The molecule has 0 fully saturated rings. The molecule has 1 radical (unpaired) electrons. The standard InChI is InChI=1S/C18H11N2O.C11H20O2.Ir/c1-2-4-16-13(3-1)5-6-14-12-20-18(11-17(14)16)21-15-7-9-19-10-8-15;1-10(2,3)8(12)7-9(13)11(4,5)6;/h1-7,9-12H;7,12H,1-6H3;/q-1;;/b;8-7-;. The third-order valence-electron chi connectivity index (χ3n) is 5.19. The van der Waals surface area contributed by atoms with Crippen molar-refractivity contribution in [3.05, 3.63) is 85.0 Å². The number of carbonyl (C=O) groups excluding carboxylic acids is 1. The van der Waals surface area contributed by atoms with Gasteiger partial charge in [0, 0.05) is 54.7 Å². The van der Waals surface area contributed by atoms with Crippen LogP contribution in [0, 0.1) is 16.9 Å². The Kier molecular flexibility index (Phi) is 9.31. The Balaban J connectivity index is 0.000000271. The van der Waals surface area contributed by atoms with E-state index in [1.54, 1.807) is 18.5 Å². The maximum Gasteiger partial charge on any atom is 0.216 e. The average Bonchev–Trinajstić information content (AvgIpc) is 2.79. The summed E-state index contributed by atoms with van der Waals surface area (Å²) >= 11 is 0. The van der Waals surface area contributed by atoms with Crippen molar-refractivity contribution in [1.82, 2.24) is 9.97 Å². The van der Waals surface area contributed by atoms with Crippen molar-refractivity contribution in [2.45, 2.75) is 41.5 Å². The fourth-order valence-corrected chi connectivity index (χ4v) is 2.97. The van der Waals surface area contributed by atoms with Crippen molar-refractivity contribution in [2.75, 3.05) is 0 Å². The number of allylic oxidation sites excluding steroid dienone is 2. The third kappa shape index (κ3) is 7.71. The van der Waals surface area contributed by atoms with Crippen LogP contribution in [-0.4, -0.2) is 20.9 Å². The molecule has 6 heteroatoms. The molecule has 2 aromatic carbocycles. The number of benzene rings is 2. The SMILES string of the molecule is CC(C)(C)C(=O)/C=C(\O)C(C)(C)C.[Ir].[c-]1cnccc1Oc1cc2c(ccc3ccccc32)cn1. The maximum absolute atomic E-state index is 11.5. The first-order valence-electron chi connectivity index (χ1n) is 11.2. The second kappa shape index (κ2) is 11.6. The van der Waals surface area contributed by atoms with Crippen LogP contribution in [0.25, 0.3) is 21.5 Å². The number of carbonyl (C=O) groups is 1. The van der Waals surface area contributed by atoms with E-state index in [1.807, 2.05) is 65.9 Å². The number of nitrogens with zero attached hydrogens (tertiary/aromatic N) is 2. The quantitative estimate of drug-likeness (QED) is 0.108. The van der Waals surface area contributed by atoms with Gasteiger partial charge in [-0.1, -0.05) is 90.3 Å². The van der Waals surface area contributed by atoms with Crippen molar-refractivity contribution in [2.24, 2.45) is 10.8 Å². The van der Waals surface area contributed by atoms with Gasteiger partial charge in [0.1, 0.15) is 5.76 Å². The van der Waals surface area contributed by atoms with Gasteiger partial charge in [-0.05, 0) is 21.9 Å². The van der Waals surface area contributed by atoms with E-state index < -0.39 is 5.41 Å². The topological polar surface area (TPSA) is 72.3 Å². The molecule has 0 atom stereocenters. The van der Waals surface area contributed by atoms with Gasteiger partial charge in [-0.2, -0.15) is 12.1 Å². The largest absolute Gasteiger partial charge is 0.512 e. The Hall–Kier alpha value is -3.08. The first kappa shape index (κ1) is 28.2. The minimum Gasteiger partial charge on any atom is -0.512 e. The van der Waals surface area contributed by atoms with Gasteiger partial charge in [0.25, 0.3) is 0 Å². The zero-order valence-corrected chi connectivity index (χ0v) is 23.3. The summed E-state index contributed by atoms with van der Waals surface area (Å²) in [5, 5.41) is 14.2. The third-order valence-corrected chi connectivity index (χ3v) is 5.19. The number of ether oxygens (including phenoxy) is 1. The second-order valence-electron chi connectivity index (χ2n) is 10.1. The van der Waals surface area contributed by atoms with E-state index in [0.29, 0.717) is 11.6 Å². The van der Waals surface area contributed by atoms with Gasteiger partial charge in [-0.15, -0.1) is 0 Å². The zero-order chi connectivity index (χ0) is 24.9. The minimum atomic E-state index is -0.417. The molecule has 0 aliphatic rings. The smallest absolute Gasteiger partial charge is 0.216 e. The molecule has 4 rings (SSSR count). The summed E-state index contributed by atoms with van der Waals surface area (Å²) in [7, 11) is 0. The van der Waals surface area contributed by atoms with E-state index in [1.165, 1.54) is 16.8 Å². The van der Waals surface area contributed by atoms with Crippen LogP contribution in [0.4, 0.5) is 0 Å². The van der Waals surface area contributed by atoms with Crippen LogP contribution >= 0.6 is 0 Å². The van der Waals surface area contributed by atoms with Crippen molar-refractivity contribution in [1.29, 1.82) is 0 Å². The van der Waals surface area contributed by atoms with Crippen LogP contribution < -0.4 is 4.74 Å². The molecule has 0 saturated heterocycles. The molecule has 0 aliphatic heterocycles. The summed E-state index contributed by atoms with van der Waals surface area (Å²) in [6.07, 6.45) is 6.41. The number of pyridine rings is 2. The number of hydrogen-bond donors (Lipinski definition) is 1. The molecule has 0 amide bonds. The van der Waals surface area contributed by atoms with Gasteiger partial charge in [0.15, 0.2) is 5.78 Å². The number of aromatic nitrogens is 2. The Morgan fingerprint density at radius 2 is 1.63 bits per heavy atom. The molecule has 2 heterocycles. The average molecular weight is 648 g/mol. The molecule has 0 bridgehead atoms. The predicted molar refractivity (Wildman–Crippen MR) is 137 cm³/mol. The van der Waals surface area contributed by atoms with E-state index >= 15 is 0 Å². The van der Waals surface area contributed by atoms with Crippen molar-refractivity contribution in [3.8, 4) is 11.6 Å². The summed E-state index contributed by atoms with van der Waals surface area (Å²) in [6, 6.07) is 19.1. The number of aliphatic hydroxyl groups excluding tert-OH is 1. The fourth-order valence-electron chi connectivity index (χ4n) is 2.97. The zero-order valence-electron chi connectivity index (χ0n) is 20.9. The molecule has 0 saturated carbocycles. The molecular weight excluding hydrogens is 617 g/mol. The minimum absolute atomic E-state index is 0. The Bertz CT molecular complexity index is 1320. The van der Waals surface area contributed by atoms with Gasteiger partial charge >= 0.3 is 0 Å². The summed E-state index contributed by atoms with van der Waals surface area (Å²) in [4.78, 5) is 19.8. The van der Waals surface area contributed by atoms with E-state index in [0.717, 1.165) is 10.8 Å². The van der Waals surface area contributed by atoms with Crippen molar-refractivity contribution >= 4 is 27.3 Å². The van der Waals surface area contributed by atoms with Crippen LogP contribution in [0.3, 0.4) is 0 Å². The molecule has 2 aromatic heterocycles. The fraction of sp³-hybridized carbons (Fsp3) is 0.276. The van der Waals surface area contributed by atoms with Gasteiger partial charge in [0.05, 0.1) is 0 Å². The van der Waals surface area contributed by atoms with Crippen molar-refractivity contribution < 1.29 is 34.7 Å². The van der Waals surface area contributed by atoms with Crippen LogP contribution in [0.1, 0.15) is 41.5 Å². The molecule has 0 spiro atoms. The molecule has 4 aromatic rings. The van der Waals surface area contributed by atoms with E-state index in [9.17, 15) is 9.90 Å². The van der Waals surface area contributed by atoms with Crippen LogP contribution in [0.15, 0.2) is 79.0 Å². The first-order valence-corrected chi connectivity index (χ1v) is 11.2. The van der Waals surface area contributed by atoms with Gasteiger partial charge in [0.2, 0.25) is 5.88 Å². The molecule has 1 N–H and O–H groups in total. The van der Waals surface area contributed by atoms with Crippen LogP contribution in [0.2, 0.25) is 0 Å². The molecule has 0 aliphatic carbocycles. The second-order valence-corrected chi connectivity index (χ2v) is 10.1. The Morgan fingerprint density at radius 3 is 2.26 bits per heavy atom. The van der Waals surface area contributed by atoms with Crippen LogP contribution in [0.5, 0.6) is 11.6 Å². The van der Waals surface area contributed by atoms with Gasteiger partial charge in [-0.3, -0.25) is 4.79 Å². The normalized spacial score (nSPS) is 11.9. The maximum atomic E-state index is 11.5. The van der Waals surface area contributed by atoms with Crippen LogP contribution in [-0.2, 0) is 24.9 Å². The monoisotopic (exact) mass is 648 g/mol. The van der Waals surface area contributed by atoms with Gasteiger partial charge in [-0.25, -0.2) is 4.98 Å². The van der Waals surface area contributed by atoms with Crippen molar-refractivity contribution in [3.63, 3.8) is 0 Å². The van der Waals surface area contributed by atoms with E-state index in [-0.39, 0.29) is 37.1 Å². The Labute approximate surface area is 220 Å². The molecule has 185 valence electrons. The Morgan fingerprint density at radius 1 is 0.943 bits per heavy atom. The number of hydrogen-bond acceptors (Lipinski definition) is 5. The summed E-state index contributed by atoms with van der Waals surface area (Å²) in [5.74, 6) is 1.27. The number of aliphatic hydroxyl groups is 1. The number of fused-ring (bicyclic) bond motifs is 3. The summed E-state index contributed by atoms with van der Waals surface area (Å²) < 4.78 is 5.73. The predicted octanol–water partition coefficient (Wildman–Crippen LogP) is 7.46. The van der Waals surface area contributed by atoms with E-state index in [2.05, 4.69) is 40.3 Å². The number of rotatable bonds is 3. The molecule has 5 nitrogen and oxygen atoms in total. The van der Waals surface area contributed by atoms with Gasteiger partial charge < -0.3 is 14.8 Å². The first-order chi connectivity index (χ1) is 15.9. The molecule has 0 unspecified atom stereocenters.